The van der Waals surface area contributed by atoms with Crippen LogP contribution in [-0.4, -0.2) is 47.2 Å². The maximum absolute atomic E-state index is 13.0. The van der Waals surface area contributed by atoms with Crippen molar-refractivity contribution in [1.82, 2.24) is 14.7 Å². The Hall–Kier alpha value is -3.53. The third-order valence-electron chi connectivity index (χ3n) is 4.41. The molecule has 1 N–H and O–H groups in total. The van der Waals surface area contributed by atoms with Gasteiger partial charge < -0.3 is 15.0 Å². The Morgan fingerprint density at radius 1 is 1.19 bits per heavy atom. The first-order chi connectivity index (χ1) is 15.1. The minimum Gasteiger partial charge on any atom is -0.493 e. The molecular weight excluding hydrogens is 449 g/mol. The molecule has 0 aliphatic rings. The summed E-state index contributed by atoms with van der Waals surface area (Å²) in [6.07, 6.45) is -3.14. The van der Waals surface area contributed by atoms with E-state index in [2.05, 4.69) is 10.4 Å². The number of nitrogens with zero attached hydrogens (tertiary/aromatic N) is 3. The van der Waals surface area contributed by atoms with Crippen LogP contribution in [0.3, 0.4) is 0 Å². The molecule has 2 amide bonds. The summed E-state index contributed by atoms with van der Waals surface area (Å²) in [5.41, 5.74) is -0.484. The van der Waals surface area contributed by atoms with Gasteiger partial charge in [0.1, 0.15) is 0 Å². The Morgan fingerprint density at radius 3 is 2.50 bits per heavy atom. The van der Waals surface area contributed by atoms with Crippen LogP contribution in [0.15, 0.2) is 54.7 Å². The molecule has 168 valence electrons. The second-order valence-corrected chi connectivity index (χ2v) is 7.14. The first-order valence-corrected chi connectivity index (χ1v) is 9.59. The summed E-state index contributed by atoms with van der Waals surface area (Å²) in [7, 11) is 2.75. The van der Waals surface area contributed by atoms with E-state index in [1.807, 2.05) is 18.2 Å². The third-order valence-corrected chi connectivity index (χ3v) is 4.74. The van der Waals surface area contributed by atoms with Crippen molar-refractivity contribution in [2.45, 2.75) is 6.18 Å². The molecule has 7 nitrogen and oxygen atoms in total. The number of carbonyl (C=O) groups is 2. The van der Waals surface area contributed by atoms with E-state index in [9.17, 15) is 22.8 Å². The highest BCUT2D eigenvalue weighted by Crippen LogP contribution is 2.36. The molecule has 0 bridgehead atoms. The number of anilines is 1. The molecule has 2 aromatic carbocycles. The van der Waals surface area contributed by atoms with E-state index in [1.165, 1.54) is 31.1 Å². The number of alkyl halides is 3. The standard InChI is InChI=1S/C21H18ClF3N4O3/c1-28(12-18(30)26-13-8-9-16(22)15(10-13)21(23,24)25)20(31)19-17(32-2)11-29(27-19)14-6-4-3-5-7-14/h3-11H,12H2,1-2H3,(H,26,30). The highest BCUT2D eigenvalue weighted by molar-refractivity contribution is 6.31. The molecule has 0 unspecified atom stereocenters. The van der Waals surface area contributed by atoms with Gasteiger partial charge in [0.2, 0.25) is 5.91 Å². The molecule has 0 atom stereocenters. The number of benzene rings is 2. The molecule has 3 aromatic rings. The van der Waals surface area contributed by atoms with Gasteiger partial charge in [-0.1, -0.05) is 29.8 Å². The molecule has 0 aliphatic carbocycles. The number of ether oxygens (including phenoxy) is 1. The zero-order chi connectivity index (χ0) is 23.5. The van der Waals surface area contributed by atoms with Crippen LogP contribution in [0.5, 0.6) is 5.75 Å². The van der Waals surface area contributed by atoms with Crippen LogP contribution in [0.4, 0.5) is 18.9 Å². The lowest BCUT2D eigenvalue weighted by Gasteiger charge is -2.17. The molecule has 1 heterocycles. The number of carbonyl (C=O) groups excluding carboxylic acids is 2. The molecule has 0 aliphatic heterocycles. The molecule has 3 rings (SSSR count). The fourth-order valence-corrected chi connectivity index (χ4v) is 3.08. The minimum atomic E-state index is -4.67. The van der Waals surface area contributed by atoms with E-state index < -0.39 is 35.1 Å². The molecule has 32 heavy (non-hydrogen) atoms. The van der Waals surface area contributed by atoms with Crippen LogP contribution in [0.2, 0.25) is 5.02 Å². The van der Waals surface area contributed by atoms with E-state index in [-0.39, 0.29) is 17.1 Å². The van der Waals surface area contributed by atoms with Gasteiger partial charge in [0.15, 0.2) is 11.4 Å². The predicted molar refractivity (Wildman–Crippen MR) is 112 cm³/mol. The second kappa shape index (κ2) is 9.31. The average molecular weight is 467 g/mol. The van der Waals surface area contributed by atoms with Crippen LogP contribution in [0.1, 0.15) is 16.1 Å². The lowest BCUT2D eigenvalue weighted by molar-refractivity contribution is -0.137. The maximum atomic E-state index is 13.0. The predicted octanol–water partition coefficient (Wildman–Crippen LogP) is 4.26. The van der Waals surface area contributed by atoms with Crippen LogP contribution in [0.25, 0.3) is 5.69 Å². The van der Waals surface area contributed by atoms with Crippen molar-refractivity contribution < 1.29 is 27.5 Å². The van der Waals surface area contributed by atoms with Crippen LogP contribution < -0.4 is 10.1 Å². The molecule has 0 radical (unpaired) electrons. The summed E-state index contributed by atoms with van der Waals surface area (Å²) in [5.74, 6) is -1.09. The molecule has 0 saturated carbocycles. The van der Waals surface area contributed by atoms with Gasteiger partial charge in [0.05, 0.1) is 36.1 Å². The minimum absolute atomic E-state index is 0.0162. The number of nitrogens with one attached hydrogen (secondary N) is 1. The van der Waals surface area contributed by atoms with E-state index in [4.69, 9.17) is 16.3 Å². The van der Waals surface area contributed by atoms with Gasteiger partial charge >= 0.3 is 6.18 Å². The SMILES string of the molecule is COc1cn(-c2ccccc2)nc1C(=O)N(C)CC(=O)Nc1ccc(Cl)c(C(F)(F)F)c1. The molecule has 1 aromatic heterocycles. The molecule has 0 spiro atoms. The van der Waals surface area contributed by atoms with Crippen molar-refractivity contribution in [3.63, 3.8) is 0 Å². The number of hydrogen-bond acceptors (Lipinski definition) is 4. The van der Waals surface area contributed by atoms with Gasteiger partial charge in [0.25, 0.3) is 5.91 Å². The lowest BCUT2D eigenvalue weighted by atomic mass is 10.2. The summed E-state index contributed by atoms with van der Waals surface area (Å²) in [6, 6.07) is 12.0. The second-order valence-electron chi connectivity index (χ2n) is 6.73. The molecule has 11 heteroatoms. The Bertz CT molecular complexity index is 1130. The Kier molecular flexibility index (Phi) is 6.73. The summed E-state index contributed by atoms with van der Waals surface area (Å²) >= 11 is 5.58. The number of amides is 2. The van der Waals surface area contributed by atoms with Gasteiger partial charge in [-0.2, -0.15) is 18.3 Å². The summed E-state index contributed by atoms with van der Waals surface area (Å²) < 4.78 is 45.7. The van der Waals surface area contributed by atoms with Gasteiger partial charge in [-0.05, 0) is 30.3 Å². The zero-order valence-electron chi connectivity index (χ0n) is 17.0. The number of hydrogen-bond donors (Lipinski definition) is 1. The van der Waals surface area contributed by atoms with Gasteiger partial charge in [-0.25, -0.2) is 4.68 Å². The van der Waals surface area contributed by atoms with Crippen molar-refractivity contribution >= 4 is 29.1 Å². The summed E-state index contributed by atoms with van der Waals surface area (Å²) in [5, 5.41) is 6.09. The number of rotatable bonds is 6. The fourth-order valence-electron chi connectivity index (χ4n) is 2.86. The zero-order valence-corrected chi connectivity index (χ0v) is 17.7. The van der Waals surface area contributed by atoms with E-state index in [0.717, 1.165) is 17.0 Å². The number of aromatic nitrogens is 2. The van der Waals surface area contributed by atoms with E-state index in [1.54, 1.807) is 12.1 Å². The number of halogens is 4. The normalized spacial score (nSPS) is 11.2. The fraction of sp³-hybridized carbons (Fsp3) is 0.190. The van der Waals surface area contributed by atoms with E-state index in [0.29, 0.717) is 5.69 Å². The average Bonchev–Trinajstić information content (AvgIpc) is 3.18. The smallest absolute Gasteiger partial charge is 0.417 e. The van der Waals surface area contributed by atoms with Gasteiger partial charge in [-0.15, -0.1) is 0 Å². The van der Waals surface area contributed by atoms with Gasteiger partial charge in [0, 0.05) is 12.7 Å². The van der Waals surface area contributed by atoms with Crippen molar-refractivity contribution in [2.24, 2.45) is 0 Å². The number of methoxy groups -OCH3 is 1. The largest absolute Gasteiger partial charge is 0.493 e. The molecular formula is C21H18ClF3N4O3. The molecule has 0 saturated heterocycles. The topological polar surface area (TPSA) is 76.5 Å². The number of likely N-dealkylation sites (N-methyl/N-ethyl adjacent to an activating group) is 1. The highest BCUT2D eigenvalue weighted by atomic mass is 35.5. The maximum Gasteiger partial charge on any atom is 0.417 e. The van der Waals surface area contributed by atoms with Crippen molar-refractivity contribution in [1.29, 1.82) is 0 Å². The van der Waals surface area contributed by atoms with Crippen LogP contribution in [-0.2, 0) is 11.0 Å². The van der Waals surface area contributed by atoms with Crippen molar-refractivity contribution in [2.75, 3.05) is 26.0 Å². The first kappa shape index (κ1) is 23.1. The Morgan fingerprint density at radius 2 is 1.88 bits per heavy atom. The summed E-state index contributed by atoms with van der Waals surface area (Å²) in [6.45, 7) is -0.426. The quantitative estimate of drug-likeness (QED) is 0.589. The monoisotopic (exact) mass is 466 g/mol. The Balaban J connectivity index is 1.72. The van der Waals surface area contributed by atoms with Crippen LogP contribution >= 0.6 is 11.6 Å². The third kappa shape index (κ3) is 5.20. The van der Waals surface area contributed by atoms with E-state index >= 15 is 0 Å². The van der Waals surface area contributed by atoms with Crippen molar-refractivity contribution in [3.05, 3.63) is 71.0 Å². The molecule has 0 fully saturated rings. The van der Waals surface area contributed by atoms with Gasteiger partial charge in [-0.3, -0.25) is 9.59 Å². The Labute approximate surface area is 186 Å². The van der Waals surface area contributed by atoms with Crippen molar-refractivity contribution in [3.8, 4) is 11.4 Å². The number of para-hydroxylation sites is 1. The first-order valence-electron chi connectivity index (χ1n) is 9.21. The van der Waals surface area contributed by atoms with Crippen LogP contribution in [0, 0.1) is 0 Å². The highest BCUT2D eigenvalue weighted by Gasteiger charge is 2.33. The summed E-state index contributed by atoms with van der Waals surface area (Å²) in [4.78, 5) is 26.2. The lowest BCUT2D eigenvalue weighted by Crippen LogP contribution is -2.35.